The van der Waals surface area contributed by atoms with Gasteiger partial charge in [0.25, 0.3) is 0 Å². The molecule has 0 spiro atoms. The number of halogens is 1. The van der Waals surface area contributed by atoms with Crippen molar-refractivity contribution in [2.45, 2.75) is 11.8 Å². The number of hydrogen-bond donors (Lipinski definition) is 1. The number of carbonyl (C=O) groups is 2. The number of thioether (sulfide) groups is 1. The lowest BCUT2D eigenvalue weighted by Gasteiger charge is -2.42. The number of carboxylic acid groups (broad SMARTS) is 1. The third kappa shape index (κ3) is 1.69. The molecule has 0 aromatic carbocycles. The van der Waals surface area contributed by atoms with Gasteiger partial charge in [-0.1, -0.05) is 0 Å². The van der Waals surface area contributed by atoms with Crippen LogP contribution in [0.4, 0.5) is 0 Å². The second-order valence-electron chi connectivity index (χ2n) is 2.65. The molecule has 0 saturated carbocycles. The highest BCUT2D eigenvalue weighted by atomic mass is 127. The van der Waals surface area contributed by atoms with E-state index >= 15 is 0 Å². The molecule has 72 valence electrons. The lowest BCUT2D eigenvalue weighted by atomic mass is 10.1. The first-order valence-corrected chi connectivity index (χ1v) is 4.62. The maximum absolute atomic E-state index is 11.0. The fraction of sp³-hybridized carbons (Fsp3) is 0.429. The van der Waals surface area contributed by atoms with E-state index < -0.39 is 5.97 Å². The van der Waals surface area contributed by atoms with E-state index in [2.05, 4.69) is 0 Å². The van der Waals surface area contributed by atoms with E-state index in [9.17, 15) is 9.59 Å². The predicted molar refractivity (Wildman–Crippen MR) is 58.8 cm³/mol. The van der Waals surface area contributed by atoms with Gasteiger partial charge in [0.05, 0.1) is 11.8 Å². The first-order chi connectivity index (χ1) is 5.70. The zero-order valence-corrected chi connectivity index (χ0v) is 9.74. The first kappa shape index (κ1) is 10.8. The average Bonchev–Trinajstić information content (AvgIpc) is 2.01. The second-order valence-corrected chi connectivity index (χ2v) is 3.86. The largest absolute Gasteiger partial charge is 0.477 e. The van der Waals surface area contributed by atoms with Gasteiger partial charge in [-0.25, -0.2) is 4.79 Å². The van der Waals surface area contributed by atoms with E-state index in [-0.39, 0.29) is 41.0 Å². The summed E-state index contributed by atoms with van der Waals surface area (Å²) in [4.78, 5) is 23.0. The van der Waals surface area contributed by atoms with Crippen molar-refractivity contribution in [3.63, 3.8) is 0 Å². The number of fused-ring (bicyclic) bond motifs is 1. The summed E-state index contributed by atoms with van der Waals surface area (Å²) in [6.07, 6.45) is 2.07. The Labute approximate surface area is 96.4 Å². The van der Waals surface area contributed by atoms with E-state index in [0.717, 1.165) is 0 Å². The van der Waals surface area contributed by atoms with Gasteiger partial charge < -0.3 is 5.11 Å². The number of hydrogen-bond acceptors (Lipinski definition) is 3. The number of amides is 1. The van der Waals surface area contributed by atoms with Crippen LogP contribution in [0.5, 0.6) is 0 Å². The Hall–Kier alpha value is -0.240. The summed E-state index contributed by atoms with van der Waals surface area (Å²) in [5, 5.41) is 8.78. The Morgan fingerprint density at radius 2 is 2.38 bits per heavy atom. The van der Waals surface area contributed by atoms with E-state index in [4.69, 9.17) is 5.11 Å². The van der Waals surface area contributed by atoms with Crippen molar-refractivity contribution in [1.82, 2.24) is 4.90 Å². The molecular formula is C7H8INO3S. The summed E-state index contributed by atoms with van der Waals surface area (Å²) in [7, 11) is 0. The molecule has 2 aliphatic heterocycles. The minimum Gasteiger partial charge on any atom is -0.477 e. The van der Waals surface area contributed by atoms with E-state index in [1.165, 1.54) is 4.90 Å². The molecule has 2 rings (SSSR count). The summed E-state index contributed by atoms with van der Waals surface area (Å²) in [5.41, 5.74) is 0.148. The Kier molecular flexibility index (Phi) is 3.23. The fourth-order valence-electron chi connectivity index (χ4n) is 1.34. The number of carbonyl (C=O) groups excluding carboxylic acids is 1. The topological polar surface area (TPSA) is 57.6 Å². The minimum absolute atomic E-state index is 0. The van der Waals surface area contributed by atoms with Crippen molar-refractivity contribution in [2.24, 2.45) is 0 Å². The van der Waals surface area contributed by atoms with E-state index in [1.54, 1.807) is 17.8 Å². The van der Waals surface area contributed by atoms with Gasteiger partial charge in [-0.2, -0.15) is 0 Å². The molecule has 2 heterocycles. The molecule has 6 heteroatoms. The lowest BCUT2D eigenvalue weighted by molar-refractivity contribution is -0.146. The number of β-lactam (4-membered cyclic amide) rings is 1. The van der Waals surface area contributed by atoms with Gasteiger partial charge in [0.2, 0.25) is 5.91 Å². The predicted octanol–water partition coefficient (Wildman–Crippen LogP) is 0.878. The van der Waals surface area contributed by atoms with Crippen molar-refractivity contribution in [3.05, 3.63) is 11.8 Å². The maximum atomic E-state index is 11.0. The number of rotatable bonds is 1. The molecule has 0 aromatic rings. The Bertz CT molecular complexity index is 291. The Morgan fingerprint density at radius 3 is 2.85 bits per heavy atom. The molecule has 1 atom stereocenters. The molecular weight excluding hydrogens is 305 g/mol. The van der Waals surface area contributed by atoms with Crippen molar-refractivity contribution in [3.8, 4) is 0 Å². The van der Waals surface area contributed by atoms with E-state index in [1.807, 2.05) is 0 Å². The second kappa shape index (κ2) is 3.87. The van der Waals surface area contributed by atoms with Gasteiger partial charge >= 0.3 is 5.97 Å². The van der Waals surface area contributed by atoms with Crippen LogP contribution in [0.15, 0.2) is 11.8 Å². The summed E-state index contributed by atoms with van der Waals surface area (Å²) in [5.74, 6) is -0.398. The van der Waals surface area contributed by atoms with Crippen LogP contribution < -0.4 is 0 Å². The standard InChI is InChI=1S/C7H7NO3S.HI/c9-5-3-6-8(5)4(7(10)11)1-2-12-6;/h1,6H,2-3H2,(H,10,11);1H/t6-;/m1./s1. The van der Waals surface area contributed by atoms with Crippen LogP contribution in [0, 0.1) is 0 Å². The van der Waals surface area contributed by atoms with Crippen molar-refractivity contribution >= 4 is 47.6 Å². The van der Waals surface area contributed by atoms with Crippen LogP contribution in [0.2, 0.25) is 0 Å². The highest BCUT2D eigenvalue weighted by Crippen LogP contribution is 2.36. The van der Waals surface area contributed by atoms with Crippen molar-refractivity contribution in [1.29, 1.82) is 0 Å². The number of aliphatic carboxylic acids is 1. The van der Waals surface area contributed by atoms with Gasteiger partial charge in [-0.3, -0.25) is 9.69 Å². The number of nitrogens with zero attached hydrogens (tertiary/aromatic N) is 1. The summed E-state index contributed by atoms with van der Waals surface area (Å²) >= 11 is 1.60. The third-order valence-corrected chi connectivity index (χ3v) is 3.07. The first-order valence-electron chi connectivity index (χ1n) is 3.57. The van der Waals surface area contributed by atoms with Crippen LogP contribution in [0.25, 0.3) is 0 Å². The Balaban J connectivity index is 0.000000845. The van der Waals surface area contributed by atoms with Gasteiger partial charge in [-0.05, 0) is 6.08 Å². The van der Waals surface area contributed by atoms with Crippen LogP contribution in [0.3, 0.4) is 0 Å². The molecule has 1 saturated heterocycles. The van der Waals surface area contributed by atoms with Crippen molar-refractivity contribution in [2.75, 3.05) is 5.75 Å². The molecule has 0 aromatic heterocycles. The Morgan fingerprint density at radius 1 is 1.69 bits per heavy atom. The average molecular weight is 313 g/mol. The van der Waals surface area contributed by atoms with Gasteiger partial charge in [0.15, 0.2) is 0 Å². The summed E-state index contributed by atoms with van der Waals surface area (Å²) < 4.78 is 0. The summed E-state index contributed by atoms with van der Waals surface area (Å²) in [6, 6.07) is 0. The highest BCUT2D eigenvalue weighted by Gasteiger charge is 2.42. The summed E-state index contributed by atoms with van der Waals surface area (Å²) in [6.45, 7) is 0. The highest BCUT2D eigenvalue weighted by molar-refractivity contribution is 14.0. The molecule has 4 nitrogen and oxygen atoms in total. The molecule has 1 N–H and O–H groups in total. The zero-order chi connectivity index (χ0) is 8.72. The molecule has 0 bridgehead atoms. The van der Waals surface area contributed by atoms with E-state index in [0.29, 0.717) is 12.2 Å². The fourth-order valence-corrected chi connectivity index (χ4v) is 2.45. The number of carboxylic acids is 1. The normalized spacial score (nSPS) is 25.2. The molecule has 0 unspecified atom stereocenters. The molecule has 1 amide bonds. The molecule has 0 radical (unpaired) electrons. The third-order valence-electron chi connectivity index (χ3n) is 1.95. The van der Waals surface area contributed by atoms with Crippen LogP contribution in [-0.2, 0) is 9.59 Å². The minimum atomic E-state index is -1.01. The lowest BCUT2D eigenvalue weighted by Crippen LogP contribution is -2.52. The van der Waals surface area contributed by atoms with Gasteiger partial charge in [-0.15, -0.1) is 35.7 Å². The molecule has 13 heavy (non-hydrogen) atoms. The zero-order valence-electron chi connectivity index (χ0n) is 6.60. The molecule has 1 fully saturated rings. The van der Waals surface area contributed by atoms with Crippen molar-refractivity contribution < 1.29 is 14.7 Å². The monoisotopic (exact) mass is 313 g/mol. The van der Waals surface area contributed by atoms with Crippen LogP contribution in [0.1, 0.15) is 6.42 Å². The maximum Gasteiger partial charge on any atom is 0.352 e. The SMILES string of the molecule is I.O=C(O)C1=CCS[C@@H]2CC(=O)N12. The van der Waals surface area contributed by atoms with Gasteiger partial charge in [0, 0.05) is 5.75 Å². The van der Waals surface area contributed by atoms with Gasteiger partial charge in [0.1, 0.15) is 5.70 Å². The molecule has 0 aliphatic carbocycles. The quantitative estimate of drug-likeness (QED) is 0.577. The van der Waals surface area contributed by atoms with Crippen LogP contribution in [-0.4, -0.2) is 33.0 Å². The smallest absolute Gasteiger partial charge is 0.352 e. The van der Waals surface area contributed by atoms with Crippen LogP contribution >= 0.6 is 35.7 Å². The molecule has 2 aliphatic rings.